The molecule has 0 bridgehead atoms. The number of nitrogens with one attached hydrogen (secondary N) is 1. The molecule has 6 heteroatoms. The Bertz CT molecular complexity index is 575. The number of hydrogen-bond acceptors (Lipinski definition) is 4. The average molecular weight is 386 g/mol. The number of benzene rings is 1. The summed E-state index contributed by atoms with van der Waals surface area (Å²) in [5.74, 6) is 0.872. The maximum absolute atomic E-state index is 11.4. The van der Waals surface area contributed by atoms with Crippen LogP contribution in [-0.2, 0) is 10.3 Å². The van der Waals surface area contributed by atoms with Gasteiger partial charge in [0.25, 0.3) is 0 Å². The minimum atomic E-state index is -3.74. The molecule has 0 aliphatic carbocycles. The summed E-state index contributed by atoms with van der Waals surface area (Å²) in [7, 11) is -2.43. The number of rotatable bonds is 16. The number of hydrogen-bond donors (Lipinski definition) is 1. The molecule has 0 aliphatic rings. The van der Waals surface area contributed by atoms with Gasteiger partial charge in [0.05, 0.1) is 6.61 Å². The summed E-state index contributed by atoms with van der Waals surface area (Å²) in [6.07, 6.45) is 14.3. The van der Waals surface area contributed by atoms with E-state index in [1.165, 1.54) is 71.3 Å². The lowest BCUT2D eigenvalue weighted by Gasteiger charge is -2.09. The van der Waals surface area contributed by atoms with Gasteiger partial charge in [-0.15, -0.1) is 0 Å². The minimum absolute atomic E-state index is 0.246. The van der Waals surface area contributed by atoms with E-state index in [2.05, 4.69) is 11.6 Å². The molecule has 1 aromatic rings. The molecule has 0 fully saturated rings. The zero-order valence-corrected chi connectivity index (χ0v) is 17.2. The van der Waals surface area contributed by atoms with Gasteiger partial charge in [0.15, 0.2) is 0 Å². The monoisotopic (exact) mass is 385 g/mol. The molecule has 0 spiro atoms. The first-order valence-corrected chi connectivity index (χ1v) is 11.3. The van der Waals surface area contributed by atoms with Crippen molar-refractivity contribution in [2.75, 3.05) is 13.7 Å². The molecule has 0 atom stereocenters. The van der Waals surface area contributed by atoms with Crippen molar-refractivity contribution in [3.8, 4) is 11.5 Å². The van der Waals surface area contributed by atoms with Gasteiger partial charge in [-0.1, -0.05) is 77.2 Å². The molecular formula is C20H35NO4S. The molecule has 0 unspecified atom stereocenters. The zero-order chi connectivity index (χ0) is 19.1. The van der Waals surface area contributed by atoms with E-state index in [9.17, 15) is 8.42 Å². The normalized spacial score (nSPS) is 11.5. The van der Waals surface area contributed by atoms with Crippen LogP contribution in [0.3, 0.4) is 0 Å². The van der Waals surface area contributed by atoms with E-state index in [4.69, 9.17) is 8.92 Å². The van der Waals surface area contributed by atoms with E-state index in [0.29, 0.717) is 12.4 Å². The molecule has 5 nitrogen and oxygen atoms in total. The van der Waals surface area contributed by atoms with Gasteiger partial charge >= 0.3 is 10.3 Å². The van der Waals surface area contributed by atoms with Crippen LogP contribution in [0.5, 0.6) is 11.5 Å². The molecule has 26 heavy (non-hydrogen) atoms. The van der Waals surface area contributed by atoms with Gasteiger partial charge in [0.2, 0.25) is 0 Å². The molecular weight excluding hydrogens is 350 g/mol. The summed E-state index contributed by atoms with van der Waals surface area (Å²) in [6, 6.07) is 6.70. The first kappa shape index (κ1) is 22.8. The van der Waals surface area contributed by atoms with Gasteiger partial charge in [0.1, 0.15) is 11.5 Å². The second kappa shape index (κ2) is 13.9. The third kappa shape index (κ3) is 11.4. The maximum atomic E-state index is 11.4. The molecule has 0 radical (unpaired) electrons. The van der Waals surface area contributed by atoms with Crippen molar-refractivity contribution in [1.29, 1.82) is 0 Å². The van der Waals surface area contributed by atoms with Crippen LogP contribution in [0.4, 0.5) is 0 Å². The summed E-state index contributed by atoms with van der Waals surface area (Å²) in [6.45, 7) is 2.89. The Morgan fingerprint density at radius 2 is 1.38 bits per heavy atom. The molecule has 0 aliphatic heterocycles. The van der Waals surface area contributed by atoms with Crippen LogP contribution < -0.4 is 13.6 Å². The van der Waals surface area contributed by atoms with Crippen molar-refractivity contribution < 1.29 is 17.3 Å². The van der Waals surface area contributed by atoms with E-state index in [0.717, 1.165) is 6.42 Å². The van der Waals surface area contributed by atoms with E-state index in [1.807, 2.05) is 0 Å². The van der Waals surface area contributed by atoms with Gasteiger partial charge in [-0.2, -0.15) is 13.1 Å². The molecule has 0 heterocycles. The second-order valence-corrected chi connectivity index (χ2v) is 8.08. The second-order valence-electron chi connectivity index (χ2n) is 6.60. The molecule has 1 aromatic carbocycles. The third-order valence-corrected chi connectivity index (χ3v) is 5.19. The first-order chi connectivity index (χ1) is 12.6. The summed E-state index contributed by atoms with van der Waals surface area (Å²) in [5, 5.41) is 0. The smallest absolute Gasteiger partial charge is 0.382 e. The Labute approximate surface area is 159 Å². The van der Waals surface area contributed by atoms with Crippen LogP contribution in [0.25, 0.3) is 0 Å². The van der Waals surface area contributed by atoms with Gasteiger partial charge in [-0.25, -0.2) is 0 Å². The van der Waals surface area contributed by atoms with Crippen LogP contribution in [0, 0.1) is 0 Å². The fourth-order valence-electron chi connectivity index (χ4n) is 2.74. The van der Waals surface area contributed by atoms with Crippen LogP contribution in [0.15, 0.2) is 24.3 Å². The standard InChI is InChI=1S/C20H35NO4S/c1-3-4-5-6-7-8-9-10-11-12-13-17-24-19-15-14-16-20(18-19)25-26(22,23)21-2/h14-16,18,21H,3-13,17H2,1-2H3. The van der Waals surface area contributed by atoms with Crippen molar-refractivity contribution in [2.24, 2.45) is 0 Å². The SMILES string of the molecule is CCCCCCCCCCCCCOc1cccc(OS(=O)(=O)NC)c1. The lowest BCUT2D eigenvalue weighted by atomic mass is 10.1. The maximum Gasteiger partial charge on any atom is 0.382 e. The van der Waals surface area contributed by atoms with Gasteiger partial charge < -0.3 is 8.92 Å². The van der Waals surface area contributed by atoms with Crippen molar-refractivity contribution in [2.45, 2.75) is 77.6 Å². The Morgan fingerprint density at radius 3 is 1.96 bits per heavy atom. The number of unbranched alkanes of at least 4 members (excludes halogenated alkanes) is 10. The quantitative estimate of drug-likeness (QED) is 0.396. The zero-order valence-electron chi connectivity index (χ0n) is 16.3. The molecule has 1 rings (SSSR count). The van der Waals surface area contributed by atoms with E-state index in [1.54, 1.807) is 24.3 Å². The van der Waals surface area contributed by atoms with Crippen molar-refractivity contribution in [1.82, 2.24) is 4.72 Å². The van der Waals surface area contributed by atoms with E-state index >= 15 is 0 Å². The van der Waals surface area contributed by atoms with E-state index in [-0.39, 0.29) is 5.75 Å². The van der Waals surface area contributed by atoms with Crippen LogP contribution in [0.2, 0.25) is 0 Å². The molecule has 150 valence electrons. The molecule has 0 saturated carbocycles. The van der Waals surface area contributed by atoms with E-state index < -0.39 is 10.3 Å². The summed E-state index contributed by atoms with van der Waals surface area (Å²) >= 11 is 0. The molecule has 0 saturated heterocycles. The fourth-order valence-corrected chi connectivity index (χ4v) is 3.18. The van der Waals surface area contributed by atoms with Crippen molar-refractivity contribution >= 4 is 10.3 Å². The largest absolute Gasteiger partial charge is 0.493 e. The van der Waals surface area contributed by atoms with Crippen LogP contribution in [-0.4, -0.2) is 22.1 Å². The van der Waals surface area contributed by atoms with Crippen LogP contribution >= 0.6 is 0 Å². The highest BCUT2D eigenvalue weighted by molar-refractivity contribution is 7.85. The Kier molecular flexibility index (Phi) is 12.1. The summed E-state index contributed by atoms with van der Waals surface area (Å²) in [4.78, 5) is 0. The lowest BCUT2D eigenvalue weighted by Crippen LogP contribution is -2.24. The molecule has 0 amide bonds. The molecule has 1 N–H and O–H groups in total. The highest BCUT2D eigenvalue weighted by atomic mass is 32.2. The van der Waals surface area contributed by atoms with Gasteiger partial charge in [-0.3, -0.25) is 0 Å². The highest BCUT2D eigenvalue weighted by Gasteiger charge is 2.09. The van der Waals surface area contributed by atoms with Gasteiger partial charge in [0, 0.05) is 13.1 Å². The Morgan fingerprint density at radius 1 is 0.846 bits per heavy atom. The minimum Gasteiger partial charge on any atom is -0.493 e. The fraction of sp³-hybridized carbons (Fsp3) is 0.700. The topological polar surface area (TPSA) is 64.6 Å². The summed E-state index contributed by atoms with van der Waals surface area (Å²) < 4.78 is 35.4. The third-order valence-electron chi connectivity index (χ3n) is 4.28. The predicted octanol–water partition coefficient (Wildman–Crippen LogP) is 5.22. The summed E-state index contributed by atoms with van der Waals surface area (Å²) in [5.41, 5.74) is 0. The number of ether oxygens (including phenoxy) is 1. The highest BCUT2D eigenvalue weighted by Crippen LogP contribution is 2.21. The average Bonchev–Trinajstić information content (AvgIpc) is 2.62. The molecule has 0 aromatic heterocycles. The van der Waals surface area contributed by atoms with Crippen molar-refractivity contribution in [3.63, 3.8) is 0 Å². The van der Waals surface area contributed by atoms with Crippen LogP contribution in [0.1, 0.15) is 77.6 Å². The van der Waals surface area contributed by atoms with Gasteiger partial charge in [-0.05, 0) is 18.6 Å². The first-order valence-electron chi connectivity index (χ1n) is 9.93. The Hall–Kier alpha value is -1.27. The lowest BCUT2D eigenvalue weighted by molar-refractivity contribution is 0.303. The predicted molar refractivity (Wildman–Crippen MR) is 107 cm³/mol. The van der Waals surface area contributed by atoms with Crippen molar-refractivity contribution in [3.05, 3.63) is 24.3 Å². The Balaban J connectivity index is 2.06.